The van der Waals surface area contributed by atoms with E-state index in [4.69, 9.17) is 33.9 Å². The molecule has 0 bridgehead atoms. The molecule has 39 heavy (non-hydrogen) atoms. The van der Waals surface area contributed by atoms with Crippen molar-refractivity contribution in [2.45, 2.75) is 25.8 Å². The van der Waals surface area contributed by atoms with Crippen molar-refractivity contribution in [3.8, 4) is 17.0 Å². The Hall–Kier alpha value is -2.59. The Morgan fingerprint density at radius 3 is 2.41 bits per heavy atom. The van der Waals surface area contributed by atoms with Gasteiger partial charge in [-0.15, -0.1) is 37.2 Å². The van der Waals surface area contributed by atoms with Gasteiger partial charge in [0, 0.05) is 30.9 Å². The number of nitrogens with one attached hydrogen (secondary N) is 1. The first-order valence-electron chi connectivity index (χ1n) is 11.5. The number of aromatic nitrogens is 3. The van der Waals surface area contributed by atoms with Gasteiger partial charge in [-0.25, -0.2) is 9.97 Å². The van der Waals surface area contributed by atoms with E-state index in [0.29, 0.717) is 39.2 Å². The van der Waals surface area contributed by atoms with Crippen LogP contribution in [-0.4, -0.2) is 45.0 Å². The number of carbonyl (C=O) groups is 1. The number of fused-ring (bicyclic) bond motifs is 1. The molecule has 4 N–H and O–H groups in total. The second-order valence-electron chi connectivity index (χ2n) is 8.83. The van der Waals surface area contributed by atoms with Crippen LogP contribution in [0.15, 0.2) is 48.8 Å². The average molecular weight is 633 g/mol. The summed E-state index contributed by atoms with van der Waals surface area (Å²) in [7, 11) is 0. The van der Waals surface area contributed by atoms with E-state index >= 15 is 0 Å². The summed E-state index contributed by atoms with van der Waals surface area (Å²) in [6, 6.07) is 10.8. The van der Waals surface area contributed by atoms with Crippen molar-refractivity contribution in [3.05, 3.63) is 64.4 Å². The summed E-state index contributed by atoms with van der Waals surface area (Å²) < 4.78 is 0. The summed E-state index contributed by atoms with van der Waals surface area (Å²) in [4.78, 5) is 28.5. The molecule has 1 aliphatic rings. The molecule has 4 heterocycles. The molecule has 0 amide bonds. The highest BCUT2D eigenvalue weighted by Crippen LogP contribution is 2.37. The predicted molar refractivity (Wildman–Crippen MR) is 165 cm³/mol. The molecule has 3 aromatic heterocycles. The van der Waals surface area contributed by atoms with E-state index in [2.05, 4.69) is 20.2 Å². The minimum Gasteiger partial charge on any atom is -0.505 e. The summed E-state index contributed by atoms with van der Waals surface area (Å²) in [6.45, 7) is 3.19. The number of carbonyl (C=O) groups excluding carboxylic acids is 1. The molecule has 0 saturated carbocycles. The van der Waals surface area contributed by atoms with Crippen molar-refractivity contribution in [3.63, 3.8) is 0 Å². The number of pyridine rings is 3. The number of piperidine rings is 1. The second kappa shape index (κ2) is 13.7. The van der Waals surface area contributed by atoms with Gasteiger partial charge in [-0.3, -0.25) is 9.78 Å². The molecule has 1 fully saturated rings. The van der Waals surface area contributed by atoms with Gasteiger partial charge in [0.05, 0.1) is 44.4 Å². The lowest BCUT2D eigenvalue weighted by molar-refractivity contribution is 0.101. The Morgan fingerprint density at radius 1 is 1.08 bits per heavy atom. The van der Waals surface area contributed by atoms with Crippen LogP contribution in [0.4, 0.5) is 17.2 Å². The Kier molecular flexibility index (Phi) is 11.4. The molecule has 0 aliphatic carbocycles. The SMILES string of the molecule is CC(=O)c1cnc2ccc(-c3cc(Cl)c(O)c(Cl)c3)nc2c1Nc1ccc(N2CCCC(N)C2)nc1.Cl.Cl.Cl. The van der Waals surface area contributed by atoms with Gasteiger partial charge in [0.2, 0.25) is 0 Å². The lowest BCUT2D eigenvalue weighted by Gasteiger charge is -2.31. The molecular formula is C26H27Cl5N6O2. The maximum absolute atomic E-state index is 12.5. The first-order chi connectivity index (χ1) is 17.3. The number of benzene rings is 1. The van der Waals surface area contributed by atoms with E-state index in [0.717, 1.165) is 31.7 Å². The van der Waals surface area contributed by atoms with E-state index in [1.54, 1.807) is 30.6 Å². The largest absolute Gasteiger partial charge is 0.505 e. The van der Waals surface area contributed by atoms with Crippen molar-refractivity contribution >= 4 is 94.4 Å². The van der Waals surface area contributed by atoms with Crippen LogP contribution in [0.5, 0.6) is 5.75 Å². The van der Waals surface area contributed by atoms with Gasteiger partial charge in [0.25, 0.3) is 0 Å². The predicted octanol–water partition coefficient (Wildman–Crippen LogP) is 6.84. The van der Waals surface area contributed by atoms with Crippen LogP contribution in [0.3, 0.4) is 0 Å². The number of nitrogens with zero attached hydrogens (tertiary/aromatic N) is 4. The zero-order valence-corrected chi connectivity index (χ0v) is 24.7. The third-order valence-corrected chi connectivity index (χ3v) is 6.78. The number of halogens is 5. The van der Waals surface area contributed by atoms with Crippen LogP contribution in [0.1, 0.15) is 30.1 Å². The Labute approximate surface area is 254 Å². The fourth-order valence-electron chi connectivity index (χ4n) is 4.34. The zero-order valence-electron chi connectivity index (χ0n) is 20.7. The maximum atomic E-state index is 12.5. The molecule has 1 aromatic carbocycles. The van der Waals surface area contributed by atoms with Crippen LogP contribution in [0.25, 0.3) is 22.3 Å². The summed E-state index contributed by atoms with van der Waals surface area (Å²) in [6.07, 6.45) is 5.34. The number of hydrogen-bond acceptors (Lipinski definition) is 8. The second-order valence-corrected chi connectivity index (χ2v) is 9.65. The van der Waals surface area contributed by atoms with Crippen molar-refractivity contribution in [2.24, 2.45) is 5.73 Å². The molecular weight excluding hydrogens is 606 g/mol. The Morgan fingerprint density at radius 2 is 1.79 bits per heavy atom. The average Bonchev–Trinajstić information content (AvgIpc) is 2.87. The summed E-state index contributed by atoms with van der Waals surface area (Å²) in [5.41, 5.74) is 10.0. The van der Waals surface area contributed by atoms with Gasteiger partial charge in [0.1, 0.15) is 11.3 Å². The van der Waals surface area contributed by atoms with Gasteiger partial charge in [-0.1, -0.05) is 23.2 Å². The number of ketones is 1. The minimum atomic E-state index is -0.187. The number of aromatic hydroxyl groups is 1. The third kappa shape index (κ3) is 6.95. The Bertz CT molecular complexity index is 1450. The highest BCUT2D eigenvalue weighted by atomic mass is 35.5. The molecule has 13 heteroatoms. The zero-order chi connectivity index (χ0) is 25.4. The molecule has 0 spiro atoms. The van der Waals surface area contributed by atoms with Crippen LogP contribution in [0, 0.1) is 0 Å². The van der Waals surface area contributed by atoms with Crippen molar-refractivity contribution in [2.75, 3.05) is 23.3 Å². The molecule has 1 unspecified atom stereocenters. The molecule has 1 atom stereocenters. The first kappa shape index (κ1) is 32.6. The van der Waals surface area contributed by atoms with E-state index < -0.39 is 0 Å². The van der Waals surface area contributed by atoms with Crippen LogP contribution in [0.2, 0.25) is 10.0 Å². The van der Waals surface area contributed by atoms with E-state index in [1.165, 1.54) is 6.92 Å². The normalized spacial score (nSPS) is 14.6. The van der Waals surface area contributed by atoms with E-state index in [1.807, 2.05) is 18.2 Å². The summed E-state index contributed by atoms with van der Waals surface area (Å²) in [5.74, 6) is 0.526. The van der Waals surface area contributed by atoms with E-state index in [9.17, 15) is 9.90 Å². The molecule has 5 rings (SSSR count). The van der Waals surface area contributed by atoms with Crippen LogP contribution >= 0.6 is 60.4 Å². The van der Waals surface area contributed by atoms with Gasteiger partial charge in [0.15, 0.2) is 11.5 Å². The van der Waals surface area contributed by atoms with Gasteiger partial charge in [-0.05, 0) is 56.2 Å². The standard InChI is InChI=1S/C26H24Cl2N6O2.3ClH/c1-14(35)18-12-30-22-6-5-21(15-9-19(27)26(36)20(28)10-15)33-25(22)24(18)32-17-4-7-23(31-11-17)34-8-2-3-16(29)13-34;;;/h4-7,9-12,16,36H,2-3,8,13,29H2,1H3,(H,30,32);3*1H. The highest BCUT2D eigenvalue weighted by Gasteiger charge is 2.19. The number of nitrogens with two attached hydrogens (primary N) is 1. The quantitative estimate of drug-likeness (QED) is 0.205. The topological polar surface area (TPSA) is 117 Å². The highest BCUT2D eigenvalue weighted by molar-refractivity contribution is 6.37. The Balaban J connectivity index is 0.00000178. The smallest absolute Gasteiger partial charge is 0.163 e. The van der Waals surface area contributed by atoms with E-state index in [-0.39, 0.29) is 64.8 Å². The fraction of sp³-hybridized carbons (Fsp3) is 0.231. The van der Waals surface area contributed by atoms with Crippen LogP contribution in [-0.2, 0) is 0 Å². The summed E-state index contributed by atoms with van der Waals surface area (Å²) in [5, 5.41) is 13.5. The molecule has 208 valence electrons. The maximum Gasteiger partial charge on any atom is 0.163 e. The first-order valence-corrected chi connectivity index (χ1v) is 12.3. The molecule has 1 saturated heterocycles. The number of rotatable bonds is 5. The lowest BCUT2D eigenvalue weighted by Crippen LogP contribution is -2.43. The lowest BCUT2D eigenvalue weighted by atomic mass is 10.1. The minimum absolute atomic E-state index is 0. The van der Waals surface area contributed by atoms with Crippen molar-refractivity contribution in [1.29, 1.82) is 0 Å². The number of anilines is 3. The molecule has 8 nitrogen and oxygen atoms in total. The van der Waals surface area contributed by atoms with Gasteiger partial charge in [-0.2, -0.15) is 0 Å². The number of Topliss-reactive ketones (excluding diaryl/α,β-unsaturated/α-hetero) is 1. The summed E-state index contributed by atoms with van der Waals surface area (Å²) >= 11 is 12.2. The molecule has 0 radical (unpaired) electrons. The van der Waals surface area contributed by atoms with Crippen molar-refractivity contribution < 1.29 is 9.90 Å². The monoisotopic (exact) mass is 630 g/mol. The molecule has 4 aromatic rings. The fourth-order valence-corrected chi connectivity index (χ4v) is 4.83. The number of hydrogen-bond donors (Lipinski definition) is 3. The van der Waals surface area contributed by atoms with Gasteiger partial charge < -0.3 is 21.1 Å². The number of phenols is 1. The van der Waals surface area contributed by atoms with Crippen LogP contribution < -0.4 is 16.0 Å². The number of phenolic OH excluding ortho intramolecular Hbond substituents is 1. The van der Waals surface area contributed by atoms with Gasteiger partial charge >= 0.3 is 0 Å². The third-order valence-electron chi connectivity index (χ3n) is 6.20. The molecule has 1 aliphatic heterocycles. The van der Waals surface area contributed by atoms with Crippen molar-refractivity contribution in [1.82, 2.24) is 15.0 Å².